The van der Waals surface area contributed by atoms with Gasteiger partial charge in [-0.3, -0.25) is 4.98 Å². The summed E-state index contributed by atoms with van der Waals surface area (Å²) >= 11 is 0. The highest BCUT2D eigenvalue weighted by Gasteiger charge is 2.26. The number of aromatic nitrogens is 1. The van der Waals surface area contributed by atoms with Crippen molar-refractivity contribution in [3.8, 4) is 0 Å². The second-order valence-corrected chi connectivity index (χ2v) is 20.1. The van der Waals surface area contributed by atoms with Crippen molar-refractivity contribution >= 4 is 61.0 Å². The normalized spacial score (nSPS) is 12.8. The summed E-state index contributed by atoms with van der Waals surface area (Å²) < 4.78 is 0. The molecular formula is C49H50NP3. The molecule has 1 aliphatic carbocycles. The fraction of sp³-hybridized carbons (Fsp3) is 0.163. The Morgan fingerprint density at radius 1 is 0.415 bits per heavy atom. The van der Waals surface area contributed by atoms with Gasteiger partial charge in [-0.1, -0.05) is 214 Å². The van der Waals surface area contributed by atoms with Crippen LogP contribution >= 0.6 is 23.8 Å². The molecule has 1 saturated carbocycles. The van der Waals surface area contributed by atoms with E-state index in [0.29, 0.717) is 0 Å². The molecule has 1 heterocycles. The van der Waals surface area contributed by atoms with Crippen molar-refractivity contribution in [1.82, 2.24) is 4.98 Å². The maximum absolute atomic E-state index is 4.56. The van der Waals surface area contributed by atoms with Crippen molar-refractivity contribution in [2.75, 3.05) is 6.16 Å². The van der Waals surface area contributed by atoms with Crippen LogP contribution in [0.25, 0.3) is 0 Å². The Labute approximate surface area is 321 Å². The van der Waals surface area contributed by atoms with Crippen LogP contribution in [0.1, 0.15) is 39.0 Å². The number of hydrogen-bond donors (Lipinski definition) is 0. The summed E-state index contributed by atoms with van der Waals surface area (Å²) in [5.41, 5.74) is 2.03. The molecule has 1 aliphatic rings. The predicted molar refractivity (Wildman–Crippen MR) is 239 cm³/mol. The largest absolute Gasteiger partial charge is 0.256 e. The molecule has 0 amide bonds. The Kier molecular flexibility index (Phi) is 15.6. The van der Waals surface area contributed by atoms with E-state index in [1.165, 1.54) is 59.5 Å². The molecule has 4 heteroatoms. The third-order valence-corrected chi connectivity index (χ3v) is 17.2. The molecule has 8 rings (SSSR count). The molecule has 0 saturated heterocycles. The first-order chi connectivity index (χ1) is 26.3. The molecule has 0 N–H and O–H groups in total. The van der Waals surface area contributed by atoms with Gasteiger partial charge < -0.3 is 0 Å². The van der Waals surface area contributed by atoms with Crippen LogP contribution in [0.3, 0.4) is 0 Å². The Morgan fingerprint density at radius 2 is 0.774 bits per heavy atom. The number of nitrogens with zero attached hydrogens (tertiary/aromatic N) is 1. The first-order valence-corrected chi connectivity index (χ1v) is 23.2. The summed E-state index contributed by atoms with van der Waals surface area (Å²) in [4.78, 5) is 4.56. The molecule has 7 aromatic rings. The van der Waals surface area contributed by atoms with Gasteiger partial charge in [0.1, 0.15) is 0 Å². The summed E-state index contributed by atoms with van der Waals surface area (Å²) in [5.74, 6) is 0. The summed E-state index contributed by atoms with van der Waals surface area (Å²) in [5, 5.41) is 8.72. The van der Waals surface area contributed by atoms with E-state index in [0.717, 1.165) is 11.1 Å². The summed E-state index contributed by atoms with van der Waals surface area (Å²) in [6.45, 7) is 2.27. The number of pyridine rings is 1. The van der Waals surface area contributed by atoms with E-state index in [9.17, 15) is 0 Å². The molecule has 1 fully saturated rings. The second kappa shape index (κ2) is 21.5. The highest BCUT2D eigenvalue weighted by Crippen LogP contribution is 2.46. The van der Waals surface area contributed by atoms with E-state index in [1.807, 2.05) is 12.3 Å². The maximum Gasteiger partial charge on any atom is 0.0720 e. The lowest BCUT2D eigenvalue weighted by Crippen LogP contribution is -2.23. The van der Waals surface area contributed by atoms with Gasteiger partial charge in [0.25, 0.3) is 0 Å². The van der Waals surface area contributed by atoms with Crippen LogP contribution in [0, 0.1) is 0 Å². The highest BCUT2D eigenvalue weighted by molar-refractivity contribution is 7.79. The van der Waals surface area contributed by atoms with Gasteiger partial charge in [-0.05, 0) is 84.5 Å². The average molecular weight is 746 g/mol. The minimum absolute atomic E-state index is 0.149. The van der Waals surface area contributed by atoms with Crippen LogP contribution in [-0.4, -0.2) is 16.8 Å². The summed E-state index contributed by atoms with van der Waals surface area (Å²) in [7, 11) is -0.875. The van der Waals surface area contributed by atoms with Gasteiger partial charge in [-0.2, -0.15) is 0 Å². The van der Waals surface area contributed by atoms with Crippen LogP contribution in [-0.2, 0) is 0 Å². The zero-order chi connectivity index (χ0) is 36.3. The molecule has 266 valence electrons. The van der Waals surface area contributed by atoms with Gasteiger partial charge >= 0.3 is 0 Å². The number of benzene rings is 6. The van der Waals surface area contributed by atoms with Gasteiger partial charge in [0.15, 0.2) is 0 Å². The first kappa shape index (κ1) is 38.5. The number of hydrogen-bond acceptors (Lipinski definition) is 1. The number of rotatable bonds is 9. The zero-order valence-electron chi connectivity index (χ0n) is 30.7. The molecule has 0 unspecified atom stereocenters. The molecule has 1 aromatic heterocycles. The first-order valence-electron chi connectivity index (χ1n) is 18.9. The van der Waals surface area contributed by atoms with E-state index in [4.69, 9.17) is 0 Å². The fourth-order valence-electron chi connectivity index (χ4n) is 6.87. The third kappa shape index (κ3) is 11.4. The monoisotopic (exact) mass is 745 g/mol. The van der Waals surface area contributed by atoms with Gasteiger partial charge in [0.2, 0.25) is 0 Å². The van der Waals surface area contributed by atoms with Crippen molar-refractivity contribution < 1.29 is 0 Å². The van der Waals surface area contributed by atoms with Crippen LogP contribution in [0.5, 0.6) is 0 Å². The standard InChI is InChI=1S/C18H21P.C17H14NP.C14H15P/c1-4-10-16(11-5-1)19(17-12-6-2-7-13-17)18-14-8-3-9-15-18;1-3-9-15(10-4-1)19(16-11-5-2-6-12-16)17-13-7-8-14-18-17;1-2-15(13-9-5-3-6-10-13)14-11-7-4-8-12-14/h1-2,4-7,10-13,18H,3,8-9,14-15H2;1-14H;3-12H,2H2,1H3. The molecular weight excluding hydrogens is 695 g/mol. The van der Waals surface area contributed by atoms with Gasteiger partial charge in [-0.25, -0.2) is 0 Å². The lowest BCUT2D eigenvalue weighted by atomic mass is 10.0. The molecule has 1 nitrogen and oxygen atoms in total. The van der Waals surface area contributed by atoms with Crippen LogP contribution in [0.15, 0.2) is 206 Å². The van der Waals surface area contributed by atoms with Crippen molar-refractivity contribution in [2.24, 2.45) is 0 Å². The maximum atomic E-state index is 4.56. The lowest BCUT2D eigenvalue weighted by Gasteiger charge is -2.31. The molecule has 0 aliphatic heterocycles. The van der Waals surface area contributed by atoms with Gasteiger partial charge in [0, 0.05) is 14.1 Å². The molecule has 0 atom stereocenters. The van der Waals surface area contributed by atoms with E-state index in [2.05, 4.69) is 206 Å². The third-order valence-electron chi connectivity index (χ3n) is 9.37. The lowest BCUT2D eigenvalue weighted by molar-refractivity contribution is 0.513. The molecule has 0 bridgehead atoms. The van der Waals surface area contributed by atoms with E-state index >= 15 is 0 Å². The van der Waals surface area contributed by atoms with Crippen molar-refractivity contribution in [3.05, 3.63) is 206 Å². The van der Waals surface area contributed by atoms with Crippen LogP contribution in [0.4, 0.5) is 0 Å². The smallest absolute Gasteiger partial charge is 0.0720 e. The molecule has 0 spiro atoms. The topological polar surface area (TPSA) is 12.9 Å². The van der Waals surface area contributed by atoms with Crippen molar-refractivity contribution in [2.45, 2.75) is 44.7 Å². The Bertz CT molecular complexity index is 1800. The minimum atomic E-state index is -0.557. The molecule has 6 aromatic carbocycles. The Morgan fingerprint density at radius 3 is 1.13 bits per heavy atom. The second-order valence-electron chi connectivity index (χ2n) is 12.9. The van der Waals surface area contributed by atoms with Crippen molar-refractivity contribution in [3.63, 3.8) is 0 Å². The molecule has 0 radical (unpaired) electrons. The quantitative estimate of drug-likeness (QED) is 0.134. The molecule has 53 heavy (non-hydrogen) atoms. The average Bonchev–Trinajstić information content (AvgIpc) is 3.25. The van der Waals surface area contributed by atoms with E-state index in [1.54, 1.807) is 10.6 Å². The van der Waals surface area contributed by atoms with Crippen molar-refractivity contribution in [1.29, 1.82) is 0 Å². The predicted octanol–water partition coefficient (Wildman–Crippen LogP) is 10.4. The summed E-state index contributed by atoms with van der Waals surface area (Å²) in [6, 6.07) is 71.3. The Balaban J connectivity index is 0.000000137. The zero-order valence-corrected chi connectivity index (χ0v) is 33.4. The van der Waals surface area contributed by atoms with Crippen LogP contribution < -0.4 is 37.3 Å². The van der Waals surface area contributed by atoms with Gasteiger partial charge in [0.05, 0.1) is 5.44 Å². The van der Waals surface area contributed by atoms with Gasteiger partial charge in [-0.15, -0.1) is 0 Å². The minimum Gasteiger partial charge on any atom is -0.256 e. The summed E-state index contributed by atoms with van der Waals surface area (Å²) in [6.07, 6.45) is 10.2. The SMILES string of the molecule is CCP(c1ccccc1)c1ccccc1.c1ccc(P(c2ccccc2)C2CCCCC2)cc1.c1ccc(P(c2ccccc2)c2ccccn2)cc1. The Hall–Kier alpha value is -4.24. The van der Waals surface area contributed by atoms with E-state index in [-0.39, 0.29) is 15.8 Å². The fourth-order valence-corrected chi connectivity index (χ4v) is 14.2. The van der Waals surface area contributed by atoms with Crippen LogP contribution in [0.2, 0.25) is 0 Å². The van der Waals surface area contributed by atoms with E-state index < -0.39 is 7.92 Å². The highest BCUT2D eigenvalue weighted by atomic mass is 31.1.